The normalized spacial score (nSPS) is 24.2. The number of fused-ring (bicyclic) bond motifs is 4. The zero-order chi connectivity index (χ0) is 27.2. The molecular formula is C39H32N2. The topological polar surface area (TPSA) is 25.8 Å². The molecular weight excluding hydrogens is 496 g/mol. The lowest BCUT2D eigenvalue weighted by Crippen LogP contribution is -2.37. The molecule has 3 aromatic carbocycles. The summed E-state index contributed by atoms with van der Waals surface area (Å²) in [6, 6.07) is 26.5. The molecule has 0 N–H and O–H groups in total. The summed E-state index contributed by atoms with van der Waals surface area (Å²) in [6.45, 7) is 0. The minimum absolute atomic E-state index is 0.153. The zero-order valence-corrected chi connectivity index (χ0v) is 23.1. The molecule has 0 spiro atoms. The Morgan fingerprint density at radius 2 is 1.46 bits per heavy atom. The highest BCUT2D eigenvalue weighted by molar-refractivity contribution is 6.03. The minimum Gasteiger partial charge on any atom is -0.235 e. The van der Waals surface area contributed by atoms with Gasteiger partial charge in [-0.15, -0.1) is 0 Å². The van der Waals surface area contributed by atoms with Crippen LogP contribution in [0.2, 0.25) is 0 Å². The molecule has 198 valence electrons. The van der Waals surface area contributed by atoms with Gasteiger partial charge in [0.1, 0.15) is 5.82 Å². The summed E-state index contributed by atoms with van der Waals surface area (Å²) in [5, 5.41) is 2.47. The maximum absolute atomic E-state index is 5.64. The van der Waals surface area contributed by atoms with E-state index >= 15 is 0 Å². The lowest BCUT2D eigenvalue weighted by Gasteiger charge is -2.39. The van der Waals surface area contributed by atoms with Crippen molar-refractivity contribution in [3.05, 3.63) is 162 Å². The van der Waals surface area contributed by atoms with Gasteiger partial charge in [-0.2, -0.15) is 0 Å². The van der Waals surface area contributed by atoms with Gasteiger partial charge in [0.15, 0.2) is 0 Å². The Morgan fingerprint density at radius 3 is 2.29 bits per heavy atom. The average molecular weight is 529 g/mol. The van der Waals surface area contributed by atoms with Gasteiger partial charge in [-0.1, -0.05) is 134 Å². The van der Waals surface area contributed by atoms with E-state index in [2.05, 4.69) is 134 Å². The summed E-state index contributed by atoms with van der Waals surface area (Å²) in [4.78, 5) is 11.1. The summed E-state index contributed by atoms with van der Waals surface area (Å²) >= 11 is 0. The van der Waals surface area contributed by atoms with Crippen molar-refractivity contribution in [2.75, 3.05) is 0 Å². The Hall–Kier alpha value is -4.56. The summed E-state index contributed by atoms with van der Waals surface area (Å²) < 4.78 is 0. The van der Waals surface area contributed by atoms with Crippen LogP contribution in [0, 0.1) is 5.92 Å². The predicted octanol–water partition coefficient (Wildman–Crippen LogP) is 9.43. The van der Waals surface area contributed by atoms with Crippen LogP contribution in [0.15, 0.2) is 139 Å². The standard InChI is InChI=1S/C39H32N2/c1-4-16-28(17-5-1)38-40-36(32-25-14-18-27-15-10-11-23-31(27)32)35-33-24-12-13-26-34(33)39(37(35)41-38,29-19-6-2-7-20-29)30-21-8-3-9-22-30/h1-11,14-16,18-21,23-26,28,30H,12-13,17,22H2. The van der Waals surface area contributed by atoms with E-state index in [1.807, 2.05) is 0 Å². The van der Waals surface area contributed by atoms with E-state index in [0.29, 0.717) is 0 Å². The molecule has 4 aliphatic carbocycles. The lowest BCUT2D eigenvalue weighted by atomic mass is 9.63. The van der Waals surface area contributed by atoms with Crippen LogP contribution in [0.3, 0.4) is 0 Å². The van der Waals surface area contributed by atoms with Crippen molar-refractivity contribution < 1.29 is 0 Å². The van der Waals surface area contributed by atoms with Gasteiger partial charge in [-0.25, -0.2) is 9.97 Å². The van der Waals surface area contributed by atoms with Crippen molar-refractivity contribution in [1.82, 2.24) is 9.97 Å². The lowest BCUT2D eigenvalue weighted by molar-refractivity contribution is 0.443. The van der Waals surface area contributed by atoms with Crippen molar-refractivity contribution >= 4 is 16.3 Å². The molecule has 1 aromatic heterocycles. The third-order valence-corrected chi connectivity index (χ3v) is 9.27. The summed E-state index contributed by atoms with van der Waals surface area (Å²) in [7, 11) is 0. The molecule has 4 aliphatic rings. The molecule has 0 saturated heterocycles. The number of hydrogen-bond acceptors (Lipinski definition) is 2. The van der Waals surface area contributed by atoms with Gasteiger partial charge < -0.3 is 0 Å². The molecule has 2 heteroatoms. The van der Waals surface area contributed by atoms with Crippen molar-refractivity contribution in [2.45, 2.75) is 37.0 Å². The van der Waals surface area contributed by atoms with Crippen molar-refractivity contribution in [3.8, 4) is 11.3 Å². The number of allylic oxidation sites excluding steroid dienone is 12. The second kappa shape index (κ2) is 9.82. The van der Waals surface area contributed by atoms with Gasteiger partial charge in [0.2, 0.25) is 0 Å². The molecule has 3 unspecified atom stereocenters. The molecule has 8 rings (SSSR count). The second-order valence-electron chi connectivity index (χ2n) is 11.5. The van der Waals surface area contributed by atoms with Crippen LogP contribution in [-0.4, -0.2) is 9.97 Å². The largest absolute Gasteiger partial charge is 0.235 e. The Labute approximate surface area is 241 Å². The molecule has 41 heavy (non-hydrogen) atoms. The quantitative estimate of drug-likeness (QED) is 0.264. The molecule has 1 heterocycles. The molecule has 0 amide bonds. The third-order valence-electron chi connectivity index (χ3n) is 9.27. The first-order valence-electron chi connectivity index (χ1n) is 14.9. The van der Waals surface area contributed by atoms with E-state index in [-0.39, 0.29) is 17.3 Å². The second-order valence-corrected chi connectivity index (χ2v) is 11.5. The average Bonchev–Trinajstić information content (AvgIpc) is 3.36. The summed E-state index contributed by atoms with van der Waals surface area (Å²) in [5.74, 6) is 1.33. The van der Waals surface area contributed by atoms with Crippen molar-refractivity contribution in [1.29, 1.82) is 0 Å². The van der Waals surface area contributed by atoms with Gasteiger partial charge in [0.05, 0.1) is 16.8 Å². The summed E-state index contributed by atoms with van der Waals surface area (Å²) in [6.07, 6.45) is 26.9. The Bertz CT molecular complexity index is 1840. The number of hydrogen-bond donors (Lipinski definition) is 0. The van der Waals surface area contributed by atoms with Gasteiger partial charge in [0, 0.05) is 17.0 Å². The van der Waals surface area contributed by atoms with Crippen LogP contribution in [0.4, 0.5) is 0 Å². The van der Waals surface area contributed by atoms with Crippen LogP contribution in [-0.2, 0) is 5.41 Å². The fourth-order valence-corrected chi connectivity index (χ4v) is 7.48. The first-order chi connectivity index (χ1) is 20.4. The number of nitrogens with zero attached hydrogens (tertiary/aromatic N) is 2. The predicted molar refractivity (Wildman–Crippen MR) is 170 cm³/mol. The number of rotatable bonds is 4. The van der Waals surface area contributed by atoms with Gasteiger partial charge in [0.25, 0.3) is 0 Å². The van der Waals surface area contributed by atoms with E-state index < -0.39 is 0 Å². The van der Waals surface area contributed by atoms with Crippen LogP contribution in [0.25, 0.3) is 27.6 Å². The van der Waals surface area contributed by atoms with Crippen LogP contribution < -0.4 is 0 Å². The molecule has 0 saturated carbocycles. The highest BCUT2D eigenvalue weighted by Crippen LogP contribution is 2.61. The van der Waals surface area contributed by atoms with E-state index in [1.165, 1.54) is 44.3 Å². The Morgan fingerprint density at radius 1 is 0.683 bits per heavy atom. The molecule has 0 bridgehead atoms. The molecule has 0 radical (unpaired) electrons. The highest BCUT2D eigenvalue weighted by Gasteiger charge is 2.54. The zero-order valence-electron chi connectivity index (χ0n) is 23.1. The fraction of sp³-hybridized carbons (Fsp3) is 0.179. The van der Waals surface area contributed by atoms with Crippen LogP contribution in [0.5, 0.6) is 0 Å². The fourth-order valence-electron chi connectivity index (χ4n) is 7.48. The highest BCUT2D eigenvalue weighted by atomic mass is 14.9. The monoisotopic (exact) mass is 528 g/mol. The smallest absolute Gasteiger partial charge is 0.136 e. The first kappa shape index (κ1) is 24.3. The molecule has 3 atom stereocenters. The van der Waals surface area contributed by atoms with Crippen LogP contribution in [0.1, 0.15) is 54.2 Å². The van der Waals surface area contributed by atoms with E-state index in [1.54, 1.807) is 0 Å². The maximum atomic E-state index is 5.64. The van der Waals surface area contributed by atoms with Crippen molar-refractivity contribution in [3.63, 3.8) is 0 Å². The SMILES string of the molecule is C1=CCC(c2nc(-c3cccc4ccccc34)c3c(n2)C(c2ccccc2)(C2C=CC=CC2)C2=CCCC=C23)C=C1. The Balaban J connectivity index is 1.51. The first-order valence-corrected chi connectivity index (χ1v) is 14.9. The van der Waals surface area contributed by atoms with E-state index in [9.17, 15) is 0 Å². The van der Waals surface area contributed by atoms with Gasteiger partial charge in [-0.3, -0.25) is 0 Å². The van der Waals surface area contributed by atoms with E-state index in [4.69, 9.17) is 9.97 Å². The summed E-state index contributed by atoms with van der Waals surface area (Å²) in [5.41, 5.74) is 8.31. The molecule has 0 aliphatic heterocycles. The van der Waals surface area contributed by atoms with Crippen LogP contribution >= 0.6 is 0 Å². The third kappa shape index (κ3) is 3.70. The molecule has 2 nitrogen and oxygen atoms in total. The number of benzene rings is 3. The molecule has 0 fully saturated rings. The molecule has 4 aromatic rings. The van der Waals surface area contributed by atoms with E-state index in [0.717, 1.165) is 37.2 Å². The Kier molecular flexibility index (Phi) is 5.81. The van der Waals surface area contributed by atoms with Gasteiger partial charge >= 0.3 is 0 Å². The maximum Gasteiger partial charge on any atom is 0.136 e. The van der Waals surface area contributed by atoms with Gasteiger partial charge in [-0.05, 0) is 59.1 Å². The van der Waals surface area contributed by atoms with Crippen molar-refractivity contribution in [2.24, 2.45) is 5.92 Å². The number of aromatic nitrogens is 2. The minimum atomic E-state index is -0.380.